The van der Waals surface area contributed by atoms with Gasteiger partial charge in [-0.15, -0.1) is 0 Å². The molecular formula is C13H8F4N4. The molecule has 0 spiro atoms. The third-order valence-electron chi connectivity index (χ3n) is 2.99. The second kappa shape index (κ2) is 4.51. The van der Waals surface area contributed by atoms with Crippen molar-refractivity contribution in [1.29, 1.82) is 0 Å². The van der Waals surface area contributed by atoms with E-state index >= 15 is 0 Å². The van der Waals surface area contributed by atoms with E-state index in [9.17, 15) is 17.6 Å². The Hall–Kier alpha value is -2.51. The molecule has 3 heterocycles. The Morgan fingerprint density at radius 2 is 1.86 bits per heavy atom. The number of hydrogen-bond donors (Lipinski definition) is 0. The minimum absolute atomic E-state index is 0.0806. The lowest BCUT2D eigenvalue weighted by Crippen LogP contribution is -2.08. The molecule has 8 heteroatoms. The highest BCUT2D eigenvalue weighted by molar-refractivity contribution is 5.77. The maximum atomic E-state index is 13.1. The standard InChI is InChI=1S/C13H8F4N4/c1-21-11(7-4-5-18-10(14)6-7)19-8-2-3-9(13(15,16)17)20-12(8)21/h2-6H,1H3. The van der Waals surface area contributed by atoms with E-state index in [1.807, 2.05) is 0 Å². The highest BCUT2D eigenvalue weighted by atomic mass is 19.4. The highest BCUT2D eigenvalue weighted by Crippen LogP contribution is 2.30. The van der Waals surface area contributed by atoms with Crippen LogP contribution in [0.25, 0.3) is 22.6 Å². The van der Waals surface area contributed by atoms with E-state index in [2.05, 4.69) is 15.0 Å². The molecule has 0 fully saturated rings. The monoisotopic (exact) mass is 296 g/mol. The minimum atomic E-state index is -4.53. The summed E-state index contributed by atoms with van der Waals surface area (Å²) in [5, 5.41) is 0. The van der Waals surface area contributed by atoms with Gasteiger partial charge in [0.25, 0.3) is 0 Å². The molecule has 0 amide bonds. The number of aromatic nitrogens is 4. The SMILES string of the molecule is Cn1c(-c2ccnc(F)c2)nc2ccc(C(F)(F)F)nc21. The molecule has 0 aromatic carbocycles. The fourth-order valence-electron chi connectivity index (χ4n) is 2.02. The molecule has 0 aliphatic rings. The zero-order valence-electron chi connectivity index (χ0n) is 10.7. The van der Waals surface area contributed by atoms with Gasteiger partial charge in [0.05, 0.1) is 0 Å². The van der Waals surface area contributed by atoms with E-state index < -0.39 is 17.8 Å². The number of hydrogen-bond acceptors (Lipinski definition) is 3. The maximum Gasteiger partial charge on any atom is 0.433 e. The lowest BCUT2D eigenvalue weighted by molar-refractivity contribution is -0.141. The van der Waals surface area contributed by atoms with Crippen LogP contribution in [0.2, 0.25) is 0 Å². The zero-order chi connectivity index (χ0) is 15.2. The summed E-state index contributed by atoms with van der Waals surface area (Å²) in [4.78, 5) is 11.2. The molecule has 4 nitrogen and oxygen atoms in total. The van der Waals surface area contributed by atoms with E-state index in [0.717, 1.165) is 12.1 Å². The number of halogens is 4. The quantitative estimate of drug-likeness (QED) is 0.511. The molecule has 0 saturated carbocycles. The number of imidazole rings is 1. The fourth-order valence-corrected chi connectivity index (χ4v) is 2.02. The van der Waals surface area contributed by atoms with Crippen LogP contribution in [0.1, 0.15) is 5.69 Å². The molecule has 108 valence electrons. The summed E-state index contributed by atoms with van der Waals surface area (Å²) in [6.07, 6.45) is -3.26. The third kappa shape index (κ3) is 2.32. The van der Waals surface area contributed by atoms with Gasteiger partial charge in [0.15, 0.2) is 5.65 Å². The van der Waals surface area contributed by atoms with Crippen molar-refractivity contribution in [2.75, 3.05) is 0 Å². The van der Waals surface area contributed by atoms with Crippen LogP contribution >= 0.6 is 0 Å². The predicted molar refractivity (Wildman–Crippen MR) is 66.7 cm³/mol. The number of fused-ring (bicyclic) bond motifs is 1. The molecule has 0 atom stereocenters. The molecule has 21 heavy (non-hydrogen) atoms. The number of rotatable bonds is 1. The molecule has 0 radical (unpaired) electrons. The molecule has 0 unspecified atom stereocenters. The van der Waals surface area contributed by atoms with Crippen LogP contribution in [0.3, 0.4) is 0 Å². The van der Waals surface area contributed by atoms with Crippen molar-refractivity contribution in [1.82, 2.24) is 19.5 Å². The molecule has 3 rings (SSSR count). The van der Waals surface area contributed by atoms with Gasteiger partial charge < -0.3 is 4.57 Å². The summed E-state index contributed by atoms with van der Waals surface area (Å²) < 4.78 is 52.6. The smallest absolute Gasteiger partial charge is 0.312 e. The Kier molecular flexibility index (Phi) is 2.89. The average molecular weight is 296 g/mol. The van der Waals surface area contributed by atoms with Crippen molar-refractivity contribution in [2.24, 2.45) is 7.05 Å². The van der Waals surface area contributed by atoms with Crippen LogP contribution < -0.4 is 0 Å². The average Bonchev–Trinajstić information content (AvgIpc) is 2.75. The summed E-state index contributed by atoms with van der Waals surface area (Å²) in [6, 6.07) is 4.79. The van der Waals surface area contributed by atoms with Gasteiger partial charge in [0.2, 0.25) is 5.95 Å². The highest BCUT2D eigenvalue weighted by Gasteiger charge is 2.33. The van der Waals surface area contributed by atoms with Gasteiger partial charge in [0, 0.05) is 24.9 Å². The molecule has 0 bridgehead atoms. The first-order chi connectivity index (χ1) is 9.86. The van der Waals surface area contributed by atoms with Crippen LogP contribution in [0.5, 0.6) is 0 Å². The van der Waals surface area contributed by atoms with Crippen molar-refractivity contribution in [2.45, 2.75) is 6.18 Å². The van der Waals surface area contributed by atoms with E-state index in [4.69, 9.17) is 0 Å². The molecule has 3 aromatic heterocycles. The van der Waals surface area contributed by atoms with Crippen molar-refractivity contribution in [3.05, 3.63) is 42.1 Å². The van der Waals surface area contributed by atoms with Gasteiger partial charge in [0.1, 0.15) is 17.0 Å². The second-order valence-electron chi connectivity index (χ2n) is 4.40. The summed E-state index contributed by atoms with van der Waals surface area (Å²) in [7, 11) is 1.52. The summed E-state index contributed by atoms with van der Waals surface area (Å²) in [5.41, 5.74) is -0.197. The van der Waals surface area contributed by atoms with Crippen LogP contribution in [0.4, 0.5) is 17.6 Å². The van der Waals surface area contributed by atoms with Gasteiger partial charge in [-0.3, -0.25) is 0 Å². The first kappa shape index (κ1) is 13.5. The number of nitrogens with zero attached hydrogens (tertiary/aromatic N) is 4. The topological polar surface area (TPSA) is 43.6 Å². The van der Waals surface area contributed by atoms with Gasteiger partial charge in [-0.25, -0.2) is 15.0 Å². The number of pyridine rings is 2. The summed E-state index contributed by atoms with van der Waals surface area (Å²) in [6.45, 7) is 0. The lowest BCUT2D eigenvalue weighted by atomic mass is 10.2. The second-order valence-corrected chi connectivity index (χ2v) is 4.40. The van der Waals surface area contributed by atoms with Crippen LogP contribution in [-0.4, -0.2) is 19.5 Å². The van der Waals surface area contributed by atoms with E-state index in [-0.39, 0.29) is 5.65 Å². The van der Waals surface area contributed by atoms with Crippen molar-refractivity contribution >= 4 is 11.2 Å². The molecule has 3 aromatic rings. The number of aryl methyl sites for hydroxylation is 1. The molecule has 0 N–H and O–H groups in total. The Balaban J connectivity index is 2.21. The third-order valence-corrected chi connectivity index (χ3v) is 2.99. The maximum absolute atomic E-state index is 13.1. The molecule has 0 saturated heterocycles. The van der Waals surface area contributed by atoms with E-state index in [1.165, 1.54) is 29.9 Å². The van der Waals surface area contributed by atoms with Gasteiger partial charge >= 0.3 is 6.18 Å². The van der Waals surface area contributed by atoms with E-state index in [1.54, 1.807) is 0 Å². The fraction of sp³-hybridized carbons (Fsp3) is 0.154. The van der Waals surface area contributed by atoms with Crippen molar-refractivity contribution in [3.8, 4) is 11.4 Å². The largest absolute Gasteiger partial charge is 0.433 e. The van der Waals surface area contributed by atoms with Crippen LogP contribution in [0.15, 0.2) is 30.5 Å². The van der Waals surface area contributed by atoms with Crippen LogP contribution in [0, 0.1) is 5.95 Å². The van der Waals surface area contributed by atoms with Gasteiger partial charge in [-0.05, 0) is 18.2 Å². The first-order valence-electron chi connectivity index (χ1n) is 5.89. The Morgan fingerprint density at radius 1 is 1.10 bits per heavy atom. The van der Waals surface area contributed by atoms with Crippen molar-refractivity contribution < 1.29 is 17.6 Å². The minimum Gasteiger partial charge on any atom is -0.312 e. The van der Waals surface area contributed by atoms with Crippen LogP contribution in [-0.2, 0) is 13.2 Å². The number of alkyl halides is 3. The Labute approximate surface area is 116 Å². The van der Waals surface area contributed by atoms with Crippen molar-refractivity contribution in [3.63, 3.8) is 0 Å². The Bertz CT molecular complexity index is 823. The first-order valence-corrected chi connectivity index (χ1v) is 5.89. The van der Waals surface area contributed by atoms with Gasteiger partial charge in [-0.1, -0.05) is 0 Å². The summed E-state index contributed by atoms with van der Waals surface area (Å²) >= 11 is 0. The zero-order valence-corrected chi connectivity index (χ0v) is 10.7. The lowest BCUT2D eigenvalue weighted by Gasteiger charge is -2.05. The summed E-state index contributed by atoms with van der Waals surface area (Å²) in [5.74, 6) is -0.373. The predicted octanol–water partition coefficient (Wildman–Crippen LogP) is 3.19. The molecular weight excluding hydrogens is 288 g/mol. The Morgan fingerprint density at radius 3 is 2.52 bits per heavy atom. The molecule has 0 aliphatic heterocycles. The van der Waals surface area contributed by atoms with Gasteiger partial charge in [-0.2, -0.15) is 17.6 Å². The normalized spacial score (nSPS) is 12.0. The molecule has 0 aliphatic carbocycles. The van der Waals surface area contributed by atoms with E-state index in [0.29, 0.717) is 16.9 Å².